The molecule has 0 atom stereocenters. The standard InChI is InChI=1S/C18H32N4O3/c1-17(2)11-13(12-18(3,4)21-17)20-16(25)15(24)19-8-6-10-22-9-5-7-14(22)23/h13,21H,5-12H2,1-4H3,(H,19,24)(H,20,25). The number of carbonyl (C=O) groups excluding carboxylic acids is 3. The number of carbonyl (C=O) groups is 3. The molecule has 2 fully saturated rings. The quantitative estimate of drug-likeness (QED) is 0.498. The van der Waals surface area contributed by atoms with Gasteiger partial charge in [0.2, 0.25) is 5.91 Å². The Labute approximate surface area is 150 Å². The molecule has 7 nitrogen and oxygen atoms in total. The molecule has 3 amide bonds. The summed E-state index contributed by atoms with van der Waals surface area (Å²) in [5.74, 6) is -0.988. The van der Waals surface area contributed by atoms with Gasteiger partial charge >= 0.3 is 11.8 Å². The van der Waals surface area contributed by atoms with Gasteiger partial charge in [0.05, 0.1) is 0 Å². The van der Waals surface area contributed by atoms with Crippen molar-refractivity contribution in [3.63, 3.8) is 0 Å². The molecule has 0 unspecified atom stereocenters. The van der Waals surface area contributed by atoms with Crippen LogP contribution in [0.1, 0.15) is 59.8 Å². The van der Waals surface area contributed by atoms with E-state index in [-0.39, 0.29) is 23.0 Å². The first-order valence-electron chi connectivity index (χ1n) is 9.24. The molecule has 0 aliphatic carbocycles. The molecule has 7 heteroatoms. The summed E-state index contributed by atoms with van der Waals surface area (Å²) in [7, 11) is 0. The highest BCUT2D eigenvalue weighted by atomic mass is 16.2. The van der Waals surface area contributed by atoms with Crippen LogP contribution < -0.4 is 16.0 Å². The van der Waals surface area contributed by atoms with Gasteiger partial charge in [-0.15, -0.1) is 0 Å². The van der Waals surface area contributed by atoms with Crippen molar-refractivity contribution in [3.05, 3.63) is 0 Å². The van der Waals surface area contributed by atoms with E-state index in [1.807, 2.05) is 4.90 Å². The molecule has 2 aliphatic heterocycles. The van der Waals surface area contributed by atoms with Gasteiger partial charge in [-0.05, 0) is 53.4 Å². The van der Waals surface area contributed by atoms with Gasteiger partial charge in [-0.2, -0.15) is 0 Å². The minimum Gasteiger partial charge on any atom is -0.348 e. The summed E-state index contributed by atoms with van der Waals surface area (Å²) in [5.41, 5.74) is -0.170. The molecule has 2 aliphatic rings. The monoisotopic (exact) mass is 352 g/mol. The third-order valence-corrected chi connectivity index (χ3v) is 4.79. The zero-order valence-corrected chi connectivity index (χ0v) is 15.9. The van der Waals surface area contributed by atoms with E-state index in [0.717, 1.165) is 25.8 Å². The highest BCUT2D eigenvalue weighted by Crippen LogP contribution is 2.28. The average molecular weight is 352 g/mol. The number of hydrogen-bond acceptors (Lipinski definition) is 4. The van der Waals surface area contributed by atoms with Gasteiger partial charge in [0.25, 0.3) is 0 Å². The Morgan fingerprint density at radius 1 is 1.16 bits per heavy atom. The van der Waals surface area contributed by atoms with E-state index >= 15 is 0 Å². The van der Waals surface area contributed by atoms with Gasteiger partial charge in [0.1, 0.15) is 0 Å². The van der Waals surface area contributed by atoms with Crippen molar-refractivity contribution in [1.82, 2.24) is 20.9 Å². The Morgan fingerprint density at radius 3 is 2.36 bits per heavy atom. The molecule has 0 saturated carbocycles. The van der Waals surface area contributed by atoms with Crippen molar-refractivity contribution >= 4 is 17.7 Å². The summed E-state index contributed by atoms with van der Waals surface area (Å²) in [6, 6.07) is -0.0216. The van der Waals surface area contributed by atoms with Gasteiger partial charge < -0.3 is 20.9 Å². The average Bonchev–Trinajstić information content (AvgIpc) is 2.85. The van der Waals surface area contributed by atoms with E-state index in [1.165, 1.54) is 0 Å². The molecular formula is C18H32N4O3. The molecular weight excluding hydrogens is 320 g/mol. The molecule has 0 aromatic rings. The number of rotatable bonds is 5. The Morgan fingerprint density at radius 2 is 1.80 bits per heavy atom. The molecule has 0 bridgehead atoms. The molecule has 0 aromatic heterocycles. The molecule has 2 saturated heterocycles. The fourth-order valence-electron chi connectivity index (χ4n) is 4.17. The SMILES string of the molecule is CC1(C)CC(NC(=O)C(=O)NCCCN2CCCC2=O)CC(C)(C)N1. The summed E-state index contributed by atoms with van der Waals surface area (Å²) >= 11 is 0. The number of nitrogens with one attached hydrogen (secondary N) is 3. The van der Waals surface area contributed by atoms with Crippen LogP contribution in [0.25, 0.3) is 0 Å². The second-order valence-electron chi connectivity index (χ2n) is 8.57. The first-order chi connectivity index (χ1) is 11.6. The number of nitrogens with zero attached hydrogens (tertiary/aromatic N) is 1. The van der Waals surface area contributed by atoms with E-state index in [2.05, 4.69) is 43.6 Å². The topological polar surface area (TPSA) is 90.5 Å². The number of amides is 3. The lowest BCUT2D eigenvalue weighted by Gasteiger charge is -2.46. The second kappa shape index (κ2) is 7.72. The maximum atomic E-state index is 12.1. The van der Waals surface area contributed by atoms with Crippen LogP contribution in [0.2, 0.25) is 0 Å². The van der Waals surface area contributed by atoms with Gasteiger partial charge in [0, 0.05) is 43.2 Å². The van der Waals surface area contributed by atoms with E-state index in [4.69, 9.17) is 0 Å². The van der Waals surface area contributed by atoms with Crippen LogP contribution in [0.4, 0.5) is 0 Å². The van der Waals surface area contributed by atoms with Crippen LogP contribution in [-0.4, -0.2) is 59.4 Å². The third-order valence-electron chi connectivity index (χ3n) is 4.79. The van der Waals surface area contributed by atoms with Gasteiger partial charge in [-0.25, -0.2) is 0 Å². The van der Waals surface area contributed by atoms with E-state index in [9.17, 15) is 14.4 Å². The highest BCUT2D eigenvalue weighted by molar-refractivity contribution is 6.35. The highest BCUT2D eigenvalue weighted by Gasteiger charge is 2.38. The fourth-order valence-corrected chi connectivity index (χ4v) is 4.17. The van der Waals surface area contributed by atoms with Crippen molar-refractivity contribution in [3.8, 4) is 0 Å². The van der Waals surface area contributed by atoms with Crippen LogP contribution in [0.15, 0.2) is 0 Å². The van der Waals surface area contributed by atoms with Crippen LogP contribution in [0, 0.1) is 0 Å². The summed E-state index contributed by atoms with van der Waals surface area (Å²) in [6.45, 7) is 10.3. The Hall–Kier alpha value is -1.63. The largest absolute Gasteiger partial charge is 0.348 e. The molecule has 0 aromatic carbocycles. The Bertz CT molecular complexity index is 514. The molecule has 2 heterocycles. The third kappa shape index (κ3) is 5.99. The van der Waals surface area contributed by atoms with Gasteiger partial charge in [-0.1, -0.05) is 0 Å². The van der Waals surface area contributed by atoms with Crippen molar-refractivity contribution in [2.45, 2.75) is 76.9 Å². The molecule has 2 rings (SSSR count). The van der Waals surface area contributed by atoms with Crippen molar-refractivity contribution < 1.29 is 14.4 Å². The van der Waals surface area contributed by atoms with E-state index < -0.39 is 11.8 Å². The lowest BCUT2D eigenvalue weighted by Crippen LogP contribution is -2.62. The minimum atomic E-state index is -0.595. The zero-order valence-electron chi connectivity index (χ0n) is 15.9. The van der Waals surface area contributed by atoms with Crippen molar-refractivity contribution in [2.75, 3.05) is 19.6 Å². The van der Waals surface area contributed by atoms with Crippen LogP contribution in [0.3, 0.4) is 0 Å². The summed E-state index contributed by atoms with van der Waals surface area (Å²) < 4.78 is 0. The van der Waals surface area contributed by atoms with Crippen molar-refractivity contribution in [1.29, 1.82) is 0 Å². The zero-order chi connectivity index (χ0) is 18.7. The predicted molar refractivity (Wildman–Crippen MR) is 95.9 cm³/mol. The van der Waals surface area contributed by atoms with E-state index in [1.54, 1.807) is 0 Å². The first-order valence-corrected chi connectivity index (χ1v) is 9.24. The lowest BCUT2D eigenvalue weighted by atomic mass is 9.79. The smallest absolute Gasteiger partial charge is 0.309 e. The molecule has 3 N–H and O–H groups in total. The lowest BCUT2D eigenvalue weighted by molar-refractivity contribution is -0.140. The van der Waals surface area contributed by atoms with Gasteiger partial charge in [0.15, 0.2) is 0 Å². The number of piperidine rings is 1. The van der Waals surface area contributed by atoms with E-state index in [0.29, 0.717) is 25.9 Å². The van der Waals surface area contributed by atoms with Crippen LogP contribution in [-0.2, 0) is 14.4 Å². The minimum absolute atomic E-state index is 0.0216. The summed E-state index contributed by atoms with van der Waals surface area (Å²) in [6.07, 6.45) is 3.77. The Kier molecular flexibility index (Phi) is 6.08. The predicted octanol–water partition coefficient (Wildman–Crippen LogP) is 0.541. The number of hydrogen-bond donors (Lipinski definition) is 3. The van der Waals surface area contributed by atoms with Crippen LogP contribution in [0.5, 0.6) is 0 Å². The Balaban J connectivity index is 1.71. The maximum Gasteiger partial charge on any atom is 0.309 e. The normalized spacial score (nSPS) is 22.7. The van der Waals surface area contributed by atoms with Gasteiger partial charge in [-0.3, -0.25) is 14.4 Å². The summed E-state index contributed by atoms with van der Waals surface area (Å²) in [4.78, 5) is 37.4. The summed E-state index contributed by atoms with van der Waals surface area (Å²) in [5, 5.41) is 9.06. The van der Waals surface area contributed by atoms with Crippen LogP contribution >= 0.6 is 0 Å². The molecule has 0 radical (unpaired) electrons. The molecule has 142 valence electrons. The molecule has 25 heavy (non-hydrogen) atoms. The van der Waals surface area contributed by atoms with Crippen molar-refractivity contribution in [2.24, 2.45) is 0 Å². The second-order valence-corrected chi connectivity index (χ2v) is 8.57. The fraction of sp³-hybridized carbons (Fsp3) is 0.833. The molecule has 0 spiro atoms. The number of likely N-dealkylation sites (tertiary alicyclic amines) is 1. The first kappa shape index (κ1) is 19.7. The maximum absolute atomic E-state index is 12.1.